The van der Waals surface area contributed by atoms with E-state index < -0.39 is 28.2 Å². The summed E-state index contributed by atoms with van der Waals surface area (Å²) in [5.41, 5.74) is -0.425. The monoisotopic (exact) mass is 279 g/mol. The molecule has 98 valence electrons. The summed E-state index contributed by atoms with van der Waals surface area (Å²) in [5, 5.41) is 8.48. The first kappa shape index (κ1) is 14.3. The fourth-order valence-corrected chi connectivity index (χ4v) is 1.62. The van der Waals surface area contributed by atoms with E-state index in [9.17, 15) is 21.6 Å². The molecule has 0 spiro atoms. The van der Waals surface area contributed by atoms with Crippen LogP contribution in [0.4, 0.5) is 18.9 Å². The third-order valence-electron chi connectivity index (χ3n) is 1.77. The van der Waals surface area contributed by atoms with E-state index in [4.69, 9.17) is 5.11 Å². The summed E-state index contributed by atoms with van der Waals surface area (Å²) in [6, 6.07) is 2.73. The molecule has 1 aromatic rings. The molecule has 0 aromatic heterocycles. The molecule has 8 heteroatoms. The fourth-order valence-electron chi connectivity index (χ4n) is 1.04. The van der Waals surface area contributed by atoms with E-state index >= 15 is 0 Å². The van der Waals surface area contributed by atoms with E-state index in [1.807, 2.05) is 0 Å². The van der Waals surface area contributed by atoms with Crippen LogP contribution in [0.2, 0.25) is 0 Å². The molecule has 1 rings (SSSR count). The van der Waals surface area contributed by atoms with Crippen molar-refractivity contribution in [2.75, 3.05) is 11.3 Å². The molecule has 0 unspecified atom stereocenters. The van der Waals surface area contributed by atoms with Gasteiger partial charge in [0, 0.05) is 0 Å². The van der Waals surface area contributed by atoms with Gasteiger partial charge in [-0.1, -0.05) is 11.8 Å². The lowest BCUT2D eigenvalue weighted by molar-refractivity contribution is 0.236. The average Bonchev–Trinajstić information content (AvgIpc) is 2.29. The molecule has 2 N–H and O–H groups in total. The molecule has 4 nitrogen and oxygen atoms in total. The van der Waals surface area contributed by atoms with Crippen molar-refractivity contribution in [2.45, 2.75) is 5.76 Å². The Bertz CT molecular complexity index is 590. The van der Waals surface area contributed by atoms with Crippen LogP contribution in [0.3, 0.4) is 0 Å². The number of nitrogens with one attached hydrogen (secondary N) is 1. The van der Waals surface area contributed by atoms with Gasteiger partial charge in [-0.05, 0) is 18.2 Å². The van der Waals surface area contributed by atoms with E-state index in [2.05, 4.69) is 11.8 Å². The molecule has 1 aromatic carbocycles. The maximum Gasteiger partial charge on any atom is 0.355 e. The molecule has 0 atom stereocenters. The molecule has 0 saturated heterocycles. The van der Waals surface area contributed by atoms with Crippen LogP contribution >= 0.6 is 0 Å². The quantitative estimate of drug-likeness (QED) is 0.815. The van der Waals surface area contributed by atoms with E-state index in [1.165, 1.54) is 0 Å². The van der Waals surface area contributed by atoms with Crippen molar-refractivity contribution in [1.29, 1.82) is 0 Å². The minimum atomic E-state index is -4.85. The van der Waals surface area contributed by atoms with Crippen LogP contribution in [-0.2, 0) is 10.0 Å². The summed E-state index contributed by atoms with van der Waals surface area (Å²) in [6.07, 6.45) is 0. The van der Waals surface area contributed by atoms with Gasteiger partial charge in [-0.2, -0.15) is 8.78 Å². The number of aliphatic hydroxyl groups is 1. The third-order valence-corrected chi connectivity index (χ3v) is 2.74. The van der Waals surface area contributed by atoms with Crippen molar-refractivity contribution in [2.24, 2.45) is 0 Å². The molecule has 0 aliphatic carbocycles. The summed E-state index contributed by atoms with van der Waals surface area (Å²) in [7, 11) is -4.85. The van der Waals surface area contributed by atoms with Gasteiger partial charge in [-0.25, -0.2) is 12.8 Å². The molecule has 0 bridgehead atoms. The van der Waals surface area contributed by atoms with E-state index in [-0.39, 0.29) is 11.3 Å². The van der Waals surface area contributed by atoms with Gasteiger partial charge in [0.1, 0.15) is 12.4 Å². The highest BCUT2D eigenvalue weighted by molar-refractivity contribution is 7.93. The lowest BCUT2D eigenvalue weighted by Gasteiger charge is -2.08. The Morgan fingerprint density at radius 1 is 1.39 bits per heavy atom. The SMILES string of the molecule is O=S(=O)(Nc1ccc(F)cc1C#CCO)C(F)F. The number of anilines is 1. The van der Waals surface area contributed by atoms with Gasteiger partial charge in [-0.15, -0.1) is 0 Å². The predicted molar refractivity (Wildman–Crippen MR) is 58.9 cm³/mol. The number of rotatable bonds is 3. The lowest BCUT2D eigenvalue weighted by atomic mass is 10.2. The maximum atomic E-state index is 12.9. The molecule has 0 amide bonds. The standard InChI is InChI=1S/C10H8F3NO3S/c11-8-3-4-9(7(6-8)2-1-5-15)14-18(16,17)10(12)13/h3-4,6,10,14-15H,5H2. The highest BCUT2D eigenvalue weighted by atomic mass is 32.2. The Morgan fingerprint density at radius 2 is 2.06 bits per heavy atom. The van der Waals surface area contributed by atoms with Crippen LogP contribution in [0.5, 0.6) is 0 Å². The number of sulfonamides is 1. The summed E-state index contributed by atoms with van der Waals surface area (Å²) in [6.45, 7) is -0.530. The topological polar surface area (TPSA) is 66.4 Å². The third kappa shape index (κ3) is 3.65. The summed E-state index contributed by atoms with van der Waals surface area (Å²) < 4.78 is 60.7. The summed E-state index contributed by atoms with van der Waals surface area (Å²) >= 11 is 0. The van der Waals surface area contributed by atoms with Crippen molar-refractivity contribution in [3.8, 4) is 11.8 Å². The molecular weight excluding hydrogens is 271 g/mol. The molecule has 0 saturated carbocycles. The van der Waals surface area contributed by atoms with Crippen LogP contribution in [0.15, 0.2) is 18.2 Å². The summed E-state index contributed by atoms with van der Waals surface area (Å²) in [4.78, 5) is 0. The first-order chi connectivity index (χ1) is 8.36. The zero-order valence-electron chi connectivity index (χ0n) is 8.82. The van der Waals surface area contributed by atoms with Crippen LogP contribution in [0, 0.1) is 17.7 Å². The number of benzene rings is 1. The van der Waals surface area contributed by atoms with Crippen molar-refractivity contribution in [3.05, 3.63) is 29.6 Å². The first-order valence-electron chi connectivity index (χ1n) is 4.56. The Kier molecular flexibility index (Phi) is 4.58. The van der Waals surface area contributed by atoms with Gasteiger partial charge in [0.2, 0.25) is 0 Å². The minimum absolute atomic E-state index is 0.145. The number of hydrogen-bond acceptors (Lipinski definition) is 3. The van der Waals surface area contributed by atoms with E-state index in [1.54, 1.807) is 4.72 Å². The lowest BCUT2D eigenvalue weighted by Crippen LogP contribution is -2.21. The van der Waals surface area contributed by atoms with Crippen LogP contribution in [0.25, 0.3) is 0 Å². The van der Waals surface area contributed by atoms with E-state index in [0.717, 1.165) is 18.2 Å². The maximum absolute atomic E-state index is 12.9. The Balaban J connectivity index is 3.17. The molecule has 0 heterocycles. The van der Waals surface area contributed by atoms with Gasteiger partial charge < -0.3 is 5.11 Å². The molecule has 18 heavy (non-hydrogen) atoms. The van der Waals surface area contributed by atoms with Crippen molar-refractivity contribution in [3.63, 3.8) is 0 Å². The zero-order chi connectivity index (χ0) is 13.8. The molecule has 0 aliphatic rings. The van der Waals surface area contributed by atoms with Gasteiger partial charge in [-0.3, -0.25) is 4.72 Å². The zero-order valence-corrected chi connectivity index (χ0v) is 9.64. The second-order valence-corrected chi connectivity index (χ2v) is 4.71. The van der Waals surface area contributed by atoms with Gasteiger partial charge >= 0.3 is 5.76 Å². The predicted octanol–water partition coefficient (Wildman–Crippen LogP) is 1.13. The van der Waals surface area contributed by atoms with Gasteiger partial charge in [0.05, 0.1) is 11.3 Å². The van der Waals surface area contributed by atoms with Crippen LogP contribution in [-0.4, -0.2) is 25.9 Å². The van der Waals surface area contributed by atoms with Crippen LogP contribution < -0.4 is 4.72 Å². The highest BCUT2D eigenvalue weighted by Crippen LogP contribution is 2.19. The number of alkyl halides is 2. The second-order valence-electron chi connectivity index (χ2n) is 3.06. The highest BCUT2D eigenvalue weighted by Gasteiger charge is 2.24. The number of aliphatic hydroxyl groups excluding tert-OH is 1. The largest absolute Gasteiger partial charge is 0.384 e. The summed E-state index contributed by atoms with van der Waals surface area (Å²) in [5.74, 6) is 0.0963. The Labute approximate surface area is 101 Å². The van der Waals surface area contributed by atoms with Crippen molar-refractivity contribution < 1.29 is 26.7 Å². The second kappa shape index (κ2) is 5.75. The van der Waals surface area contributed by atoms with E-state index in [0.29, 0.717) is 0 Å². The minimum Gasteiger partial charge on any atom is -0.384 e. The van der Waals surface area contributed by atoms with Crippen molar-refractivity contribution >= 4 is 15.7 Å². The first-order valence-corrected chi connectivity index (χ1v) is 6.10. The molecular formula is C10H8F3NO3S. The Hall–Kier alpha value is -1.72. The van der Waals surface area contributed by atoms with Gasteiger partial charge in [0.15, 0.2) is 0 Å². The fraction of sp³-hybridized carbons (Fsp3) is 0.200. The number of halogens is 3. The molecule has 0 fully saturated rings. The number of hydrogen-bond donors (Lipinski definition) is 2. The molecule has 0 radical (unpaired) electrons. The van der Waals surface area contributed by atoms with Crippen LogP contribution in [0.1, 0.15) is 5.56 Å². The Morgan fingerprint density at radius 3 is 2.61 bits per heavy atom. The van der Waals surface area contributed by atoms with Gasteiger partial charge in [0.25, 0.3) is 10.0 Å². The van der Waals surface area contributed by atoms with Crippen molar-refractivity contribution in [1.82, 2.24) is 0 Å². The average molecular weight is 279 g/mol. The smallest absolute Gasteiger partial charge is 0.355 e. The normalized spacial score (nSPS) is 10.9. The molecule has 0 aliphatic heterocycles.